The third-order valence-corrected chi connectivity index (χ3v) is 4.16. The summed E-state index contributed by atoms with van der Waals surface area (Å²) in [6.07, 6.45) is 5.71. The normalized spacial score (nSPS) is 23.6. The first kappa shape index (κ1) is 15.1. The Morgan fingerprint density at radius 3 is 2.75 bits per heavy atom. The van der Waals surface area contributed by atoms with Gasteiger partial charge in [0.15, 0.2) is 0 Å². The van der Waals surface area contributed by atoms with Gasteiger partial charge in [-0.1, -0.05) is 0 Å². The topological polar surface area (TPSA) is 69.4 Å². The Labute approximate surface area is 120 Å². The molecular weight excluding hydrogens is 254 g/mol. The standard InChI is InChI=1S/C14H25N5O/c1-11(2)19-7-5-12(6-8-19)3-4-14(20)15-9-13-10-16-18-17-13/h10-13H,3-9H2,1-2H3,(H,15,20). The lowest BCUT2D eigenvalue weighted by Gasteiger charge is -2.34. The SMILES string of the molecule is CC(C)N1CCC(CCC(=O)NCC2C=NN=N2)CC1. The van der Waals surface area contributed by atoms with E-state index < -0.39 is 0 Å². The van der Waals surface area contributed by atoms with Gasteiger partial charge in [0.1, 0.15) is 6.04 Å². The highest BCUT2D eigenvalue weighted by Crippen LogP contribution is 2.22. The number of rotatable bonds is 6. The number of carbonyl (C=O) groups is 1. The van der Waals surface area contributed by atoms with Crippen molar-refractivity contribution in [2.45, 2.75) is 51.6 Å². The van der Waals surface area contributed by atoms with Crippen molar-refractivity contribution in [1.82, 2.24) is 10.2 Å². The van der Waals surface area contributed by atoms with Gasteiger partial charge in [0.2, 0.25) is 5.91 Å². The van der Waals surface area contributed by atoms with E-state index >= 15 is 0 Å². The minimum atomic E-state index is -0.0757. The van der Waals surface area contributed by atoms with Crippen molar-refractivity contribution >= 4 is 12.1 Å². The highest BCUT2D eigenvalue weighted by Gasteiger charge is 2.21. The fraction of sp³-hybridized carbons (Fsp3) is 0.857. The van der Waals surface area contributed by atoms with E-state index in [-0.39, 0.29) is 11.9 Å². The van der Waals surface area contributed by atoms with Crippen LogP contribution >= 0.6 is 0 Å². The molecule has 6 heteroatoms. The predicted molar refractivity (Wildman–Crippen MR) is 78.8 cm³/mol. The third kappa shape index (κ3) is 4.67. The summed E-state index contributed by atoms with van der Waals surface area (Å²) < 4.78 is 0. The molecule has 1 saturated heterocycles. The second-order valence-corrected chi connectivity index (χ2v) is 5.95. The zero-order valence-electron chi connectivity index (χ0n) is 12.5. The first-order valence-corrected chi connectivity index (χ1v) is 7.59. The molecule has 0 spiro atoms. The van der Waals surface area contributed by atoms with Crippen LogP contribution in [0.4, 0.5) is 0 Å². The number of hydrogen-bond donors (Lipinski definition) is 1. The van der Waals surface area contributed by atoms with E-state index in [1.165, 1.54) is 25.9 Å². The number of carbonyl (C=O) groups excluding carboxylic acids is 1. The Morgan fingerprint density at radius 1 is 1.40 bits per heavy atom. The van der Waals surface area contributed by atoms with Gasteiger partial charge in [-0.05, 0) is 57.3 Å². The average Bonchev–Trinajstić information content (AvgIpc) is 2.96. The molecule has 0 saturated carbocycles. The number of amides is 1. The number of likely N-dealkylation sites (tertiary alicyclic amines) is 1. The Bertz CT molecular complexity index is 360. The first-order chi connectivity index (χ1) is 9.65. The number of nitrogens with zero attached hydrogens (tertiary/aromatic N) is 4. The second-order valence-electron chi connectivity index (χ2n) is 5.95. The molecule has 6 nitrogen and oxygen atoms in total. The highest BCUT2D eigenvalue weighted by molar-refractivity contribution is 5.77. The molecule has 20 heavy (non-hydrogen) atoms. The molecule has 2 aliphatic heterocycles. The van der Waals surface area contributed by atoms with Crippen LogP contribution in [-0.2, 0) is 4.79 Å². The summed E-state index contributed by atoms with van der Waals surface area (Å²) in [5.74, 6) is 0.815. The molecule has 1 amide bonds. The van der Waals surface area contributed by atoms with Crippen molar-refractivity contribution in [3.05, 3.63) is 0 Å². The Balaban J connectivity index is 1.57. The van der Waals surface area contributed by atoms with E-state index in [0.717, 1.165) is 6.42 Å². The van der Waals surface area contributed by atoms with Crippen LogP contribution in [0.15, 0.2) is 15.4 Å². The molecule has 112 valence electrons. The molecule has 0 aliphatic carbocycles. The van der Waals surface area contributed by atoms with E-state index in [9.17, 15) is 4.79 Å². The fourth-order valence-corrected chi connectivity index (χ4v) is 2.73. The molecule has 2 heterocycles. The van der Waals surface area contributed by atoms with Gasteiger partial charge in [-0.25, -0.2) is 0 Å². The van der Waals surface area contributed by atoms with Crippen LogP contribution in [0.1, 0.15) is 39.5 Å². The van der Waals surface area contributed by atoms with Crippen molar-refractivity contribution in [2.75, 3.05) is 19.6 Å². The monoisotopic (exact) mass is 279 g/mol. The molecule has 1 fully saturated rings. The molecule has 1 N–H and O–H groups in total. The van der Waals surface area contributed by atoms with E-state index in [4.69, 9.17) is 0 Å². The zero-order chi connectivity index (χ0) is 14.4. The molecule has 0 bridgehead atoms. The maximum Gasteiger partial charge on any atom is 0.220 e. The van der Waals surface area contributed by atoms with Gasteiger partial charge in [-0.2, -0.15) is 5.11 Å². The largest absolute Gasteiger partial charge is 0.353 e. The van der Waals surface area contributed by atoms with E-state index in [1.807, 2.05) is 0 Å². The fourth-order valence-electron chi connectivity index (χ4n) is 2.73. The summed E-state index contributed by atoms with van der Waals surface area (Å²) >= 11 is 0. The first-order valence-electron chi connectivity index (χ1n) is 7.59. The summed E-state index contributed by atoms with van der Waals surface area (Å²) in [4.78, 5) is 14.3. The van der Waals surface area contributed by atoms with E-state index in [0.29, 0.717) is 24.9 Å². The van der Waals surface area contributed by atoms with Crippen LogP contribution in [0.3, 0.4) is 0 Å². The molecule has 0 aromatic heterocycles. The maximum absolute atomic E-state index is 11.8. The van der Waals surface area contributed by atoms with Gasteiger partial charge < -0.3 is 10.2 Å². The van der Waals surface area contributed by atoms with Gasteiger partial charge in [0.05, 0.1) is 6.21 Å². The van der Waals surface area contributed by atoms with Crippen LogP contribution in [0.25, 0.3) is 0 Å². The van der Waals surface area contributed by atoms with Crippen LogP contribution in [0.2, 0.25) is 0 Å². The van der Waals surface area contributed by atoms with Crippen molar-refractivity contribution in [2.24, 2.45) is 21.4 Å². The van der Waals surface area contributed by atoms with Crippen LogP contribution < -0.4 is 5.32 Å². The molecule has 2 rings (SSSR count). The molecule has 0 radical (unpaired) electrons. The summed E-state index contributed by atoms with van der Waals surface area (Å²) in [7, 11) is 0. The van der Waals surface area contributed by atoms with Gasteiger partial charge >= 0.3 is 0 Å². The smallest absolute Gasteiger partial charge is 0.220 e. The summed E-state index contributed by atoms with van der Waals surface area (Å²) in [6, 6.07) is 0.565. The molecule has 1 unspecified atom stereocenters. The predicted octanol–water partition coefficient (Wildman–Crippen LogP) is 1.82. The lowest BCUT2D eigenvalue weighted by atomic mass is 9.91. The van der Waals surface area contributed by atoms with Gasteiger partial charge in [0, 0.05) is 19.0 Å². The Kier molecular flexibility index (Phi) is 5.64. The molecular formula is C14H25N5O. The van der Waals surface area contributed by atoms with Crippen LogP contribution in [0.5, 0.6) is 0 Å². The number of nitrogens with one attached hydrogen (secondary N) is 1. The second kappa shape index (κ2) is 7.47. The van der Waals surface area contributed by atoms with Crippen molar-refractivity contribution in [3.8, 4) is 0 Å². The van der Waals surface area contributed by atoms with E-state index in [2.05, 4.69) is 39.5 Å². The summed E-state index contributed by atoms with van der Waals surface area (Å²) in [5, 5.41) is 13.9. The molecule has 0 aromatic carbocycles. The third-order valence-electron chi connectivity index (χ3n) is 4.16. The molecule has 0 aromatic rings. The maximum atomic E-state index is 11.8. The number of hydrogen-bond acceptors (Lipinski definition) is 5. The quantitative estimate of drug-likeness (QED) is 0.805. The van der Waals surface area contributed by atoms with Gasteiger partial charge in [-0.3, -0.25) is 4.79 Å². The minimum Gasteiger partial charge on any atom is -0.353 e. The van der Waals surface area contributed by atoms with Crippen LogP contribution in [0, 0.1) is 5.92 Å². The Hall–Kier alpha value is -1.30. The van der Waals surface area contributed by atoms with E-state index in [1.54, 1.807) is 6.21 Å². The van der Waals surface area contributed by atoms with Gasteiger partial charge in [0.25, 0.3) is 0 Å². The van der Waals surface area contributed by atoms with Crippen molar-refractivity contribution in [3.63, 3.8) is 0 Å². The average molecular weight is 279 g/mol. The highest BCUT2D eigenvalue weighted by atomic mass is 16.1. The summed E-state index contributed by atoms with van der Waals surface area (Å²) in [5.41, 5.74) is 0. The van der Waals surface area contributed by atoms with Gasteiger partial charge in [-0.15, -0.1) is 5.10 Å². The summed E-state index contributed by atoms with van der Waals surface area (Å²) in [6.45, 7) is 7.35. The minimum absolute atomic E-state index is 0.0757. The molecule has 1 atom stereocenters. The van der Waals surface area contributed by atoms with Crippen molar-refractivity contribution in [1.29, 1.82) is 0 Å². The molecule has 2 aliphatic rings. The van der Waals surface area contributed by atoms with Crippen molar-refractivity contribution < 1.29 is 4.79 Å². The zero-order valence-corrected chi connectivity index (χ0v) is 12.5. The lowest BCUT2D eigenvalue weighted by molar-refractivity contribution is -0.121. The van der Waals surface area contributed by atoms with Crippen LogP contribution in [-0.4, -0.2) is 48.7 Å². The lowest BCUT2D eigenvalue weighted by Crippen LogP contribution is -2.38. The number of piperidine rings is 1. The Morgan fingerprint density at radius 2 is 2.15 bits per heavy atom.